The molecule has 27 heavy (non-hydrogen) atoms. The van der Waals surface area contributed by atoms with Gasteiger partial charge >= 0.3 is 6.09 Å². The van der Waals surface area contributed by atoms with Crippen molar-refractivity contribution in [3.8, 4) is 11.1 Å². The molecular weight excluding hydrogens is 369 g/mol. The molecule has 0 aliphatic rings. The third-order valence-electron chi connectivity index (χ3n) is 3.88. The van der Waals surface area contributed by atoms with Crippen LogP contribution in [0, 0.1) is 5.82 Å². The molecule has 0 bridgehead atoms. The summed E-state index contributed by atoms with van der Waals surface area (Å²) in [4.78, 5) is 11.8. The average molecular weight is 394 g/mol. The first-order chi connectivity index (χ1) is 12.7. The quantitative estimate of drug-likeness (QED) is 0.731. The van der Waals surface area contributed by atoms with E-state index >= 15 is 0 Å². The molecule has 0 spiro atoms. The second kappa shape index (κ2) is 9.20. The van der Waals surface area contributed by atoms with E-state index in [1.807, 2.05) is 45.0 Å². The third-order valence-corrected chi connectivity index (χ3v) is 4.17. The van der Waals surface area contributed by atoms with Gasteiger partial charge < -0.3 is 14.8 Å². The molecule has 0 aliphatic heterocycles. The van der Waals surface area contributed by atoms with Gasteiger partial charge in [-0.15, -0.1) is 0 Å². The maximum absolute atomic E-state index is 13.3. The standard InChI is InChI=1S/C21H25ClFNO3/c1-21(2,3)27-20(25)24-13-17(26-4)11-14-5-7-15(8-6-14)16-9-10-19(23)18(22)12-16/h5-10,12,17H,11,13H2,1-4H3,(H,24,25)/t17-/m0/s1. The van der Waals surface area contributed by atoms with Gasteiger partial charge in [0.05, 0.1) is 11.1 Å². The number of methoxy groups -OCH3 is 1. The van der Waals surface area contributed by atoms with E-state index in [2.05, 4.69) is 5.32 Å². The molecule has 1 amide bonds. The predicted octanol–water partition coefficient (Wildman–Crippen LogP) is 5.23. The number of ether oxygens (including phenoxy) is 2. The number of benzene rings is 2. The number of halogens is 2. The monoisotopic (exact) mass is 393 g/mol. The Morgan fingerprint density at radius 2 is 1.78 bits per heavy atom. The Hall–Kier alpha value is -2.11. The van der Waals surface area contributed by atoms with Crippen LogP contribution >= 0.6 is 11.6 Å². The lowest BCUT2D eigenvalue weighted by Gasteiger charge is -2.21. The van der Waals surface area contributed by atoms with Crippen molar-refractivity contribution in [1.29, 1.82) is 0 Å². The number of carbonyl (C=O) groups excluding carboxylic acids is 1. The Kier molecular flexibility index (Phi) is 7.22. The Morgan fingerprint density at radius 1 is 1.15 bits per heavy atom. The van der Waals surface area contributed by atoms with Crippen LogP contribution in [0.2, 0.25) is 5.02 Å². The molecular formula is C21H25ClFNO3. The maximum atomic E-state index is 13.3. The molecule has 0 fully saturated rings. The van der Waals surface area contributed by atoms with Crippen molar-refractivity contribution < 1.29 is 18.7 Å². The highest BCUT2D eigenvalue weighted by Gasteiger charge is 2.17. The zero-order chi connectivity index (χ0) is 20.0. The number of hydrogen-bond donors (Lipinski definition) is 1. The van der Waals surface area contributed by atoms with Gasteiger partial charge in [0.2, 0.25) is 0 Å². The highest BCUT2D eigenvalue weighted by Crippen LogP contribution is 2.25. The van der Waals surface area contributed by atoms with Crippen LogP contribution in [0.25, 0.3) is 11.1 Å². The van der Waals surface area contributed by atoms with Crippen molar-refractivity contribution in [2.45, 2.75) is 38.9 Å². The Bertz CT molecular complexity index is 772. The fourth-order valence-electron chi connectivity index (χ4n) is 2.52. The van der Waals surface area contributed by atoms with E-state index in [1.54, 1.807) is 19.2 Å². The second-order valence-corrected chi connectivity index (χ2v) is 7.68. The molecule has 0 heterocycles. The minimum atomic E-state index is -0.536. The van der Waals surface area contributed by atoms with E-state index in [0.29, 0.717) is 13.0 Å². The molecule has 2 aromatic rings. The highest BCUT2D eigenvalue weighted by atomic mass is 35.5. The molecule has 6 heteroatoms. The van der Waals surface area contributed by atoms with Gasteiger partial charge in [0.25, 0.3) is 0 Å². The fourth-order valence-corrected chi connectivity index (χ4v) is 2.70. The van der Waals surface area contributed by atoms with Gasteiger partial charge in [-0.2, -0.15) is 0 Å². The number of hydrogen-bond acceptors (Lipinski definition) is 3. The summed E-state index contributed by atoms with van der Waals surface area (Å²) in [6.45, 7) is 5.80. The molecule has 4 nitrogen and oxygen atoms in total. The van der Waals surface area contributed by atoms with Crippen LogP contribution in [0.4, 0.5) is 9.18 Å². The SMILES string of the molecule is CO[C@H](CNC(=O)OC(C)(C)C)Cc1ccc(-c2ccc(F)c(Cl)c2)cc1. The molecule has 0 radical (unpaired) electrons. The van der Waals surface area contributed by atoms with Crippen LogP contribution in [-0.2, 0) is 15.9 Å². The first-order valence-electron chi connectivity index (χ1n) is 8.72. The summed E-state index contributed by atoms with van der Waals surface area (Å²) in [5.74, 6) is -0.433. The molecule has 1 N–H and O–H groups in total. The van der Waals surface area contributed by atoms with Gasteiger partial charge in [-0.25, -0.2) is 9.18 Å². The third kappa shape index (κ3) is 6.85. The average Bonchev–Trinajstić information content (AvgIpc) is 2.60. The topological polar surface area (TPSA) is 47.6 Å². The zero-order valence-corrected chi connectivity index (χ0v) is 16.8. The van der Waals surface area contributed by atoms with Crippen LogP contribution in [-0.4, -0.2) is 31.5 Å². The predicted molar refractivity (Wildman–Crippen MR) is 106 cm³/mol. The number of amides is 1. The van der Waals surface area contributed by atoms with E-state index in [9.17, 15) is 9.18 Å². The first kappa shape index (κ1) is 21.2. The lowest BCUT2D eigenvalue weighted by atomic mass is 10.0. The largest absolute Gasteiger partial charge is 0.444 e. The summed E-state index contributed by atoms with van der Waals surface area (Å²) in [5, 5.41) is 2.82. The van der Waals surface area contributed by atoms with Crippen molar-refractivity contribution in [1.82, 2.24) is 5.32 Å². The second-order valence-electron chi connectivity index (χ2n) is 7.27. The smallest absolute Gasteiger partial charge is 0.407 e. The molecule has 0 saturated carbocycles. The van der Waals surface area contributed by atoms with Gasteiger partial charge in [-0.05, 0) is 49.6 Å². The van der Waals surface area contributed by atoms with Gasteiger partial charge in [0.15, 0.2) is 0 Å². The molecule has 2 rings (SSSR count). The minimum Gasteiger partial charge on any atom is -0.444 e. The van der Waals surface area contributed by atoms with E-state index in [-0.39, 0.29) is 11.1 Å². The molecule has 0 aliphatic carbocycles. The Labute approximate surface area is 164 Å². The molecule has 0 unspecified atom stereocenters. The molecule has 2 aromatic carbocycles. The summed E-state index contributed by atoms with van der Waals surface area (Å²) >= 11 is 5.85. The molecule has 0 aromatic heterocycles. The number of rotatable bonds is 6. The van der Waals surface area contributed by atoms with Gasteiger partial charge in [0, 0.05) is 20.1 Å². The lowest BCUT2D eigenvalue weighted by molar-refractivity contribution is 0.0457. The van der Waals surface area contributed by atoms with Crippen LogP contribution in [0.1, 0.15) is 26.3 Å². The summed E-state index contributed by atoms with van der Waals surface area (Å²) in [6.07, 6.45) is -0.00626. The van der Waals surface area contributed by atoms with E-state index in [1.165, 1.54) is 6.07 Å². The summed E-state index contributed by atoms with van der Waals surface area (Å²) in [5.41, 5.74) is 2.32. The Balaban J connectivity index is 1.95. The summed E-state index contributed by atoms with van der Waals surface area (Å²) < 4.78 is 24.0. The Morgan fingerprint density at radius 3 is 2.33 bits per heavy atom. The number of alkyl carbamates (subject to hydrolysis) is 1. The van der Waals surface area contributed by atoms with Crippen LogP contribution in [0.15, 0.2) is 42.5 Å². The van der Waals surface area contributed by atoms with E-state index in [4.69, 9.17) is 21.1 Å². The molecule has 1 atom stereocenters. The van der Waals surface area contributed by atoms with Gasteiger partial charge in [0.1, 0.15) is 11.4 Å². The minimum absolute atomic E-state index is 0.101. The summed E-state index contributed by atoms with van der Waals surface area (Å²) in [7, 11) is 1.61. The fraction of sp³-hybridized carbons (Fsp3) is 0.381. The van der Waals surface area contributed by atoms with Crippen molar-refractivity contribution in [3.05, 3.63) is 58.9 Å². The van der Waals surface area contributed by atoms with Gasteiger partial charge in [-0.3, -0.25) is 0 Å². The van der Waals surface area contributed by atoms with Gasteiger partial charge in [-0.1, -0.05) is 41.9 Å². The van der Waals surface area contributed by atoms with Crippen molar-refractivity contribution in [3.63, 3.8) is 0 Å². The lowest BCUT2D eigenvalue weighted by Crippen LogP contribution is -2.38. The van der Waals surface area contributed by atoms with Crippen LogP contribution in [0.3, 0.4) is 0 Å². The first-order valence-corrected chi connectivity index (χ1v) is 9.10. The number of carbonyl (C=O) groups is 1. The van der Waals surface area contributed by atoms with E-state index < -0.39 is 17.5 Å². The highest BCUT2D eigenvalue weighted by molar-refractivity contribution is 6.31. The summed E-state index contributed by atoms with van der Waals surface area (Å²) in [6, 6.07) is 12.5. The van der Waals surface area contributed by atoms with Crippen molar-refractivity contribution in [2.75, 3.05) is 13.7 Å². The van der Waals surface area contributed by atoms with Crippen molar-refractivity contribution >= 4 is 17.7 Å². The van der Waals surface area contributed by atoms with Crippen molar-refractivity contribution in [2.24, 2.45) is 0 Å². The normalized spacial score (nSPS) is 12.5. The maximum Gasteiger partial charge on any atom is 0.407 e. The van der Waals surface area contributed by atoms with Crippen LogP contribution < -0.4 is 5.32 Å². The zero-order valence-electron chi connectivity index (χ0n) is 16.0. The van der Waals surface area contributed by atoms with E-state index in [0.717, 1.165) is 16.7 Å². The molecule has 146 valence electrons. The van der Waals surface area contributed by atoms with Crippen LogP contribution in [0.5, 0.6) is 0 Å². The molecule has 0 saturated heterocycles. The number of nitrogens with one attached hydrogen (secondary N) is 1.